The lowest BCUT2D eigenvalue weighted by molar-refractivity contribution is 0.590. The van der Waals surface area contributed by atoms with E-state index in [2.05, 4.69) is 75.7 Å². The number of fused-ring (bicyclic) bond motifs is 1. The van der Waals surface area contributed by atoms with Crippen molar-refractivity contribution in [3.8, 4) is 11.1 Å². The van der Waals surface area contributed by atoms with Gasteiger partial charge in [-0.05, 0) is 52.0 Å². The molecule has 0 aromatic heterocycles. The molecular weight excluding hydrogens is 288 g/mol. The van der Waals surface area contributed by atoms with E-state index in [0.29, 0.717) is 0 Å². The van der Waals surface area contributed by atoms with Crippen molar-refractivity contribution in [2.75, 3.05) is 0 Å². The monoisotopic (exact) mass is 315 g/mol. The van der Waals surface area contributed by atoms with E-state index < -0.39 is 0 Å². The van der Waals surface area contributed by atoms with Crippen LogP contribution in [0.5, 0.6) is 0 Å². The molecule has 0 nitrogen and oxygen atoms in total. The average Bonchev–Trinajstić information content (AvgIpc) is 3.22. The predicted molar refractivity (Wildman–Crippen MR) is 104 cm³/mol. The predicted octanol–water partition coefficient (Wildman–Crippen LogP) is 6.79. The first-order valence-corrected chi connectivity index (χ1v) is 9.33. The van der Waals surface area contributed by atoms with Gasteiger partial charge < -0.3 is 0 Å². The fraction of sp³-hybridized carbons (Fsp3) is 0.375. The van der Waals surface area contributed by atoms with Gasteiger partial charge in [0.1, 0.15) is 0 Å². The molecule has 2 aliphatic rings. The van der Waals surface area contributed by atoms with Crippen molar-refractivity contribution < 1.29 is 0 Å². The van der Waals surface area contributed by atoms with E-state index >= 15 is 0 Å². The fourth-order valence-corrected chi connectivity index (χ4v) is 4.15. The number of benzene rings is 2. The third kappa shape index (κ3) is 2.83. The molecule has 0 N–H and O–H groups in total. The van der Waals surface area contributed by atoms with Crippen LogP contribution < -0.4 is 0 Å². The Bertz CT molecular complexity index is 763. The number of hydrogen-bond donors (Lipinski definition) is 0. The molecule has 4 rings (SSSR count). The van der Waals surface area contributed by atoms with E-state index in [-0.39, 0.29) is 5.41 Å². The molecule has 0 heteroatoms. The zero-order valence-corrected chi connectivity index (χ0v) is 15.1. The highest BCUT2D eigenvalue weighted by Crippen LogP contribution is 2.42. The molecule has 0 amide bonds. The van der Waals surface area contributed by atoms with E-state index in [1.807, 2.05) is 0 Å². The molecule has 2 aromatic rings. The third-order valence-corrected chi connectivity index (χ3v) is 5.66. The van der Waals surface area contributed by atoms with Crippen LogP contribution in [0.4, 0.5) is 0 Å². The molecule has 123 valence electrons. The van der Waals surface area contributed by atoms with Crippen LogP contribution in [0.15, 0.2) is 48.0 Å². The van der Waals surface area contributed by atoms with Gasteiger partial charge in [-0.3, -0.25) is 0 Å². The van der Waals surface area contributed by atoms with Gasteiger partial charge in [0.05, 0.1) is 0 Å². The standard InChI is InChI=1S/C24H27/c1-24(2,3)21-13-11-18(12-14-21)22-10-6-9-19-15-20(16-23(19)22)17-7-4-5-8-17/h6,9-17H,4-5,7-8H2,1-3H3. The SMILES string of the molecule is CC(C)(C)c1ccc(-c2cccc3c2C=C(C2CCCC2)[CH]3)cc1. The minimum Gasteiger partial charge on any atom is -0.0613 e. The molecule has 0 unspecified atom stereocenters. The Morgan fingerprint density at radius 1 is 0.875 bits per heavy atom. The Morgan fingerprint density at radius 3 is 2.25 bits per heavy atom. The summed E-state index contributed by atoms with van der Waals surface area (Å²) in [6, 6.07) is 15.9. The molecule has 1 saturated carbocycles. The largest absolute Gasteiger partial charge is 0.0613 e. The topological polar surface area (TPSA) is 0 Å². The normalized spacial score (nSPS) is 17.9. The van der Waals surface area contributed by atoms with Gasteiger partial charge in [-0.25, -0.2) is 0 Å². The first-order chi connectivity index (χ1) is 11.5. The Kier molecular flexibility index (Phi) is 3.87. The smallest absolute Gasteiger partial charge is 0.0167 e. The van der Waals surface area contributed by atoms with Crippen molar-refractivity contribution >= 4 is 6.08 Å². The summed E-state index contributed by atoms with van der Waals surface area (Å²) in [6.45, 7) is 6.81. The number of rotatable bonds is 2. The van der Waals surface area contributed by atoms with E-state index in [4.69, 9.17) is 0 Å². The molecule has 2 aliphatic carbocycles. The summed E-state index contributed by atoms with van der Waals surface area (Å²) < 4.78 is 0. The highest BCUT2D eigenvalue weighted by molar-refractivity contribution is 5.83. The zero-order chi connectivity index (χ0) is 16.7. The Balaban J connectivity index is 1.69. The second-order valence-electron chi connectivity index (χ2n) is 8.41. The van der Waals surface area contributed by atoms with Crippen molar-refractivity contribution in [2.24, 2.45) is 5.92 Å². The van der Waals surface area contributed by atoms with Gasteiger partial charge in [-0.2, -0.15) is 0 Å². The molecule has 0 aliphatic heterocycles. The van der Waals surface area contributed by atoms with Crippen molar-refractivity contribution in [1.82, 2.24) is 0 Å². The summed E-state index contributed by atoms with van der Waals surface area (Å²) in [4.78, 5) is 0. The first kappa shape index (κ1) is 15.7. The maximum Gasteiger partial charge on any atom is 0.0167 e. The van der Waals surface area contributed by atoms with Crippen LogP contribution in [0.25, 0.3) is 17.2 Å². The summed E-state index contributed by atoms with van der Waals surface area (Å²) in [6.07, 6.45) is 10.4. The fourth-order valence-electron chi connectivity index (χ4n) is 4.15. The van der Waals surface area contributed by atoms with Gasteiger partial charge in [0.25, 0.3) is 0 Å². The van der Waals surface area contributed by atoms with Crippen LogP contribution in [-0.4, -0.2) is 0 Å². The van der Waals surface area contributed by atoms with Crippen molar-refractivity contribution in [2.45, 2.75) is 51.9 Å². The van der Waals surface area contributed by atoms with E-state index in [1.165, 1.54) is 53.5 Å². The minimum atomic E-state index is 0.209. The van der Waals surface area contributed by atoms with Crippen LogP contribution in [0.2, 0.25) is 0 Å². The lowest BCUT2D eigenvalue weighted by atomic mass is 9.86. The summed E-state index contributed by atoms with van der Waals surface area (Å²) in [5, 5.41) is 0. The van der Waals surface area contributed by atoms with Gasteiger partial charge in [0.2, 0.25) is 0 Å². The molecule has 0 bridgehead atoms. The summed E-state index contributed by atoms with van der Waals surface area (Å²) >= 11 is 0. The second kappa shape index (κ2) is 5.92. The maximum atomic E-state index is 2.46. The summed E-state index contributed by atoms with van der Waals surface area (Å²) in [5.41, 5.74) is 8.68. The van der Waals surface area contributed by atoms with Crippen LogP contribution in [0.1, 0.15) is 63.1 Å². The Hall–Kier alpha value is -1.82. The van der Waals surface area contributed by atoms with Crippen LogP contribution in [0.3, 0.4) is 0 Å². The second-order valence-corrected chi connectivity index (χ2v) is 8.41. The van der Waals surface area contributed by atoms with Crippen molar-refractivity contribution in [1.29, 1.82) is 0 Å². The lowest BCUT2D eigenvalue weighted by Gasteiger charge is -2.19. The Morgan fingerprint density at radius 2 is 1.58 bits per heavy atom. The Labute approximate surface area is 146 Å². The number of allylic oxidation sites excluding steroid dienone is 1. The van der Waals surface area contributed by atoms with Gasteiger partial charge in [0.15, 0.2) is 0 Å². The van der Waals surface area contributed by atoms with E-state index in [1.54, 1.807) is 5.57 Å². The third-order valence-electron chi connectivity index (χ3n) is 5.66. The van der Waals surface area contributed by atoms with E-state index in [9.17, 15) is 0 Å². The highest BCUT2D eigenvalue weighted by Gasteiger charge is 2.25. The number of hydrogen-bond acceptors (Lipinski definition) is 0. The molecule has 0 spiro atoms. The van der Waals surface area contributed by atoms with Gasteiger partial charge >= 0.3 is 0 Å². The van der Waals surface area contributed by atoms with Crippen LogP contribution in [0, 0.1) is 12.3 Å². The minimum absolute atomic E-state index is 0.209. The molecule has 0 saturated heterocycles. The van der Waals surface area contributed by atoms with Crippen molar-refractivity contribution in [3.63, 3.8) is 0 Å². The lowest BCUT2D eigenvalue weighted by Crippen LogP contribution is -2.10. The first-order valence-electron chi connectivity index (χ1n) is 9.33. The summed E-state index contributed by atoms with van der Waals surface area (Å²) in [7, 11) is 0. The average molecular weight is 315 g/mol. The molecule has 0 heterocycles. The molecule has 1 radical (unpaired) electrons. The molecular formula is C24H27. The molecule has 1 fully saturated rings. The van der Waals surface area contributed by atoms with Gasteiger partial charge in [-0.15, -0.1) is 0 Å². The maximum absolute atomic E-state index is 2.46. The van der Waals surface area contributed by atoms with Crippen molar-refractivity contribution in [3.05, 3.63) is 71.1 Å². The van der Waals surface area contributed by atoms with Crippen LogP contribution >= 0.6 is 0 Å². The highest BCUT2D eigenvalue weighted by atomic mass is 14.3. The zero-order valence-electron chi connectivity index (χ0n) is 15.1. The molecule has 0 atom stereocenters. The molecule has 2 aromatic carbocycles. The van der Waals surface area contributed by atoms with Gasteiger partial charge in [0, 0.05) is 6.42 Å². The van der Waals surface area contributed by atoms with Crippen LogP contribution in [-0.2, 0) is 5.41 Å². The van der Waals surface area contributed by atoms with E-state index in [0.717, 1.165) is 5.92 Å². The van der Waals surface area contributed by atoms with Gasteiger partial charge in [-0.1, -0.05) is 87.7 Å². The quantitative estimate of drug-likeness (QED) is 0.572. The summed E-state index contributed by atoms with van der Waals surface area (Å²) in [5.74, 6) is 0.786. The molecule has 24 heavy (non-hydrogen) atoms.